The molecule has 1 unspecified atom stereocenters. The highest BCUT2D eigenvalue weighted by atomic mass is 16.6. The number of amides is 1. The van der Waals surface area contributed by atoms with Crippen molar-refractivity contribution in [3.8, 4) is 5.75 Å². The number of hydrogen-bond donors (Lipinski definition) is 1. The number of hydrogen-bond acceptors (Lipinski definition) is 7. The molecule has 1 amide bonds. The predicted molar refractivity (Wildman–Crippen MR) is 96.9 cm³/mol. The zero-order valence-electron chi connectivity index (χ0n) is 15.6. The molecule has 144 valence electrons. The van der Waals surface area contributed by atoms with Crippen LogP contribution in [0.4, 0.5) is 11.6 Å². The maximum absolute atomic E-state index is 12.7. The van der Waals surface area contributed by atoms with Crippen LogP contribution in [0.5, 0.6) is 5.75 Å². The van der Waals surface area contributed by atoms with E-state index in [1.54, 1.807) is 12.1 Å². The van der Waals surface area contributed by atoms with Crippen LogP contribution in [0.15, 0.2) is 12.1 Å². The lowest BCUT2D eigenvalue weighted by atomic mass is 10.0. The number of esters is 1. The number of unbranched alkanes of at least 4 members (excludes halogenated alkanes) is 1. The fourth-order valence-corrected chi connectivity index (χ4v) is 2.49. The molecule has 1 aliphatic heterocycles. The molecule has 0 fully saturated rings. The molecule has 0 saturated heterocycles. The van der Waals surface area contributed by atoms with Crippen LogP contribution in [0.1, 0.15) is 33.6 Å². The van der Waals surface area contributed by atoms with E-state index in [-0.39, 0.29) is 36.6 Å². The molecule has 1 aliphatic rings. The summed E-state index contributed by atoms with van der Waals surface area (Å²) in [6, 6.07) is 3.25. The molecule has 1 aromatic rings. The molecular weight excluding hydrogens is 338 g/mol. The zero-order valence-corrected chi connectivity index (χ0v) is 15.6. The van der Waals surface area contributed by atoms with Crippen LogP contribution >= 0.6 is 0 Å². The summed E-state index contributed by atoms with van der Waals surface area (Å²) < 4.78 is 16.2. The van der Waals surface area contributed by atoms with Crippen molar-refractivity contribution in [3.63, 3.8) is 0 Å². The first kappa shape index (κ1) is 20.0. The van der Waals surface area contributed by atoms with Crippen LogP contribution in [-0.4, -0.2) is 49.3 Å². The van der Waals surface area contributed by atoms with Gasteiger partial charge in [0.1, 0.15) is 19.0 Å². The maximum Gasteiger partial charge on any atom is 0.326 e. The molecule has 8 nitrogen and oxygen atoms in total. The normalized spacial score (nSPS) is 16.4. The second-order valence-electron chi connectivity index (χ2n) is 6.45. The van der Waals surface area contributed by atoms with Gasteiger partial charge in [0.05, 0.1) is 6.61 Å². The fourth-order valence-electron chi connectivity index (χ4n) is 2.49. The van der Waals surface area contributed by atoms with E-state index in [2.05, 4.69) is 11.9 Å². The SMILES string of the molecule is CCCCOCCOC(=O)CN1C(=O)C(C(C)C)Oc2ccc(N)nc21. The van der Waals surface area contributed by atoms with Crippen LogP contribution in [0.2, 0.25) is 0 Å². The number of ether oxygens (including phenoxy) is 3. The van der Waals surface area contributed by atoms with Gasteiger partial charge in [0.25, 0.3) is 5.91 Å². The number of pyridine rings is 1. The van der Waals surface area contributed by atoms with Gasteiger partial charge in [-0.2, -0.15) is 0 Å². The highest BCUT2D eigenvalue weighted by molar-refractivity contribution is 6.02. The molecule has 0 aliphatic carbocycles. The van der Waals surface area contributed by atoms with E-state index in [0.29, 0.717) is 19.0 Å². The van der Waals surface area contributed by atoms with E-state index in [0.717, 1.165) is 12.8 Å². The predicted octanol–water partition coefficient (Wildman–Crippen LogP) is 1.77. The summed E-state index contributed by atoms with van der Waals surface area (Å²) in [5.41, 5.74) is 5.72. The molecule has 8 heteroatoms. The Labute approximate surface area is 153 Å². The molecule has 2 heterocycles. The van der Waals surface area contributed by atoms with Crippen LogP contribution in [0.3, 0.4) is 0 Å². The molecule has 2 N–H and O–H groups in total. The van der Waals surface area contributed by atoms with Gasteiger partial charge >= 0.3 is 5.97 Å². The van der Waals surface area contributed by atoms with E-state index < -0.39 is 12.1 Å². The number of nitrogen functional groups attached to an aromatic ring is 1. The molecule has 0 radical (unpaired) electrons. The molecule has 26 heavy (non-hydrogen) atoms. The number of nitrogens with two attached hydrogens (primary N) is 1. The summed E-state index contributed by atoms with van der Waals surface area (Å²) in [5, 5.41) is 0. The Hall–Kier alpha value is -2.35. The van der Waals surface area contributed by atoms with Crippen LogP contribution in [-0.2, 0) is 19.1 Å². The smallest absolute Gasteiger partial charge is 0.326 e. The first-order valence-corrected chi connectivity index (χ1v) is 8.92. The molecule has 0 saturated carbocycles. The number of anilines is 2. The quantitative estimate of drug-likeness (QED) is 0.525. The molecule has 2 rings (SSSR count). The van der Waals surface area contributed by atoms with Gasteiger partial charge < -0.3 is 19.9 Å². The lowest BCUT2D eigenvalue weighted by molar-refractivity contribution is -0.145. The molecule has 0 aromatic carbocycles. The third-order valence-corrected chi connectivity index (χ3v) is 3.91. The van der Waals surface area contributed by atoms with E-state index in [9.17, 15) is 9.59 Å². The van der Waals surface area contributed by atoms with Crippen molar-refractivity contribution in [1.29, 1.82) is 0 Å². The van der Waals surface area contributed by atoms with Gasteiger partial charge in [0, 0.05) is 6.61 Å². The van der Waals surface area contributed by atoms with Crippen molar-refractivity contribution in [2.24, 2.45) is 5.92 Å². The molecule has 0 spiro atoms. The third-order valence-electron chi connectivity index (χ3n) is 3.91. The Morgan fingerprint density at radius 1 is 1.35 bits per heavy atom. The number of carbonyl (C=O) groups excluding carboxylic acids is 2. The third kappa shape index (κ3) is 5.08. The van der Waals surface area contributed by atoms with Crippen molar-refractivity contribution >= 4 is 23.5 Å². The number of carbonyl (C=O) groups is 2. The Morgan fingerprint density at radius 2 is 2.12 bits per heavy atom. The number of nitrogens with zero attached hydrogens (tertiary/aromatic N) is 2. The van der Waals surface area contributed by atoms with Gasteiger partial charge in [-0.05, 0) is 24.5 Å². The van der Waals surface area contributed by atoms with E-state index in [1.807, 2.05) is 13.8 Å². The lowest BCUT2D eigenvalue weighted by Crippen LogP contribution is -2.50. The van der Waals surface area contributed by atoms with E-state index in [1.165, 1.54) is 4.90 Å². The fraction of sp³-hybridized carbons (Fsp3) is 0.611. The number of fused-ring (bicyclic) bond motifs is 1. The van der Waals surface area contributed by atoms with Crippen molar-refractivity contribution in [2.45, 2.75) is 39.7 Å². The van der Waals surface area contributed by atoms with Gasteiger partial charge in [-0.1, -0.05) is 27.2 Å². The summed E-state index contributed by atoms with van der Waals surface area (Å²) in [4.78, 5) is 30.3. The van der Waals surface area contributed by atoms with Gasteiger partial charge in [-0.15, -0.1) is 0 Å². The average molecular weight is 365 g/mol. The first-order chi connectivity index (χ1) is 12.4. The minimum absolute atomic E-state index is 0.0568. The highest BCUT2D eigenvalue weighted by Gasteiger charge is 2.38. The van der Waals surface area contributed by atoms with E-state index in [4.69, 9.17) is 19.9 Å². The Bertz CT molecular complexity index is 635. The van der Waals surface area contributed by atoms with Crippen LogP contribution in [0.25, 0.3) is 0 Å². The Morgan fingerprint density at radius 3 is 2.81 bits per heavy atom. The zero-order chi connectivity index (χ0) is 19.1. The minimum atomic E-state index is -0.682. The summed E-state index contributed by atoms with van der Waals surface area (Å²) in [7, 11) is 0. The summed E-state index contributed by atoms with van der Waals surface area (Å²) >= 11 is 0. The molecule has 0 bridgehead atoms. The standard InChI is InChI=1S/C18H27N3O5/c1-4-5-8-24-9-10-25-15(22)11-21-17-13(6-7-14(19)20-17)26-16(12(2)3)18(21)23/h6-7,12,16H,4-5,8-11H2,1-3H3,(H2,19,20). The monoisotopic (exact) mass is 365 g/mol. The van der Waals surface area contributed by atoms with Gasteiger partial charge in [0.2, 0.25) is 0 Å². The average Bonchev–Trinajstić information content (AvgIpc) is 2.60. The number of aromatic nitrogens is 1. The first-order valence-electron chi connectivity index (χ1n) is 8.92. The van der Waals surface area contributed by atoms with Crippen molar-refractivity contribution in [2.75, 3.05) is 37.0 Å². The molecule has 1 aromatic heterocycles. The minimum Gasteiger partial charge on any atom is -0.476 e. The maximum atomic E-state index is 12.7. The lowest BCUT2D eigenvalue weighted by Gasteiger charge is -2.34. The molecular formula is C18H27N3O5. The summed E-state index contributed by atoms with van der Waals surface area (Å²) in [6.07, 6.45) is 1.33. The highest BCUT2D eigenvalue weighted by Crippen LogP contribution is 2.34. The Kier molecular flexibility index (Phi) is 7.20. The van der Waals surface area contributed by atoms with Gasteiger partial charge in [-0.25, -0.2) is 4.98 Å². The Balaban J connectivity index is 2.00. The van der Waals surface area contributed by atoms with Crippen molar-refractivity contribution in [3.05, 3.63) is 12.1 Å². The van der Waals surface area contributed by atoms with E-state index >= 15 is 0 Å². The van der Waals surface area contributed by atoms with Gasteiger partial charge in [-0.3, -0.25) is 14.5 Å². The number of rotatable bonds is 9. The second kappa shape index (κ2) is 9.38. The van der Waals surface area contributed by atoms with Crippen molar-refractivity contribution in [1.82, 2.24) is 4.98 Å². The van der Waals surface area contributed by atoms with Gasteiger partial charge in [0.15, 0.2) is 17.7 Å². The summed E-state index contributed by atoms with van der Waals surface area (Å²) in [6.45, 7) is 6.70. The topological polar surface area (TPSA) is 104 Å². The summed E-state index contributed by atoms with van der Waals surface area (Å²) in [5.74, 6) is -0.0143. The second-order valence-corrected chi connectivity index (χ2v) is 6.45. The van der Waals surface area contributed by atoms with Crippen molar-refractivity contribution < 1.29 is 23.8 Å². The van der Waals surface area contributed by atoms with Crippen LogP contribution in [0, 0.1) is 5.92 Å². The molecule has 1 atom stereocenters. The largest absolute Gasteiger partial charge is 0.476 e. The van der Waals surface area contributed by atoms with Crippen LogP contribution < -0.4 is 15.4 Å².